The molecule has 0 fully saturated rings. The predicted octanol–water partition coefficient (Wildman–Crippen LogP) is 10.2. The molecule has 0 saturated heterocycles. The highest BCUT2D eigenvalue weighted by Gasteiger charge is 2.58. The van der Waals surface area contributed by atoms with Crippen LogP contribution in [0.25, 0.3) is 0 Å². The molecule has 0 spiro atoms. The van der Waals surface area contributed by atoms with Gasteiger partial charge in [-0.2, -0.15) is 0 Å². The van der Waals surface area contributed by atoms with Crippen molar-refractivity contribution in [1.82, 2.24) is 0 Å². The average molecular weight is 545 g/mol. The van der Waals surface area contributed by atoms with E-state index >= 15 is 0 Å². The first kappa shape index (κ1) is 33.3. The first-order valence-corrected chi connectivity index (χ1v) is 32.8. The van der Waals surface area contributed by atoms with Gasteiger partial charge in [0.25, 0.3) is 0 Å². The van der Waals surface area contributed by atoms with Crippen LogP contribution < -0.4 is 0 Å². The van der Waals surface area contributed by atoms with Crippen LogP contribution in [0.15, 0.2) is 0 Å². The van der Waals surface area contributed by atoms with E-state index in [0.717, 1.165) is 22.2 Å². The second-order valence-corrected chi connectivity index (χ2v) is 68.4. The molecule has 0 unspecified atom stereocenters. The fraction of sp³-hybridized carbons (Fsp3) is 1.00. The fourth-order valence-corrected chi connectivity index (χ4v) is 186. The highest BCUT2D eigenvalue weighted by atomic mass is 30.0. The Balaban J connectivity index is 8.52. The Labute approximate surface area is 211 Å². The molecule has 0 aromatic rings. The molecule has 0 atom stereocenters. The van der Waals surface area contributed by atoms with Crippen molar-refractivity contribution in [1.29, 1.82) is 0 Å². The number of hydrogen-bond donors (Lipinski definition) is 0. The van der Waals surface area contributed by atoms with Crippen molar-refractivity contribution in [2.45, 2.75) is 168 Å². The first-order chi connectivity index (χ1) is 13.8. The molecule has 0 bridgehead atoms. The standard InChI is InChI=1S/C26H64Si6/c1-21(2)31(19,22(3)4)27(29(15,16)25(9,10)11)28(30(17,18)26(12,13)14)32(20,23(5)6)24(7)8/h21-24H,1-20H3/b28-27-. The van der Waals surface area contributed by atoms with Crippen molar-refractivity contribution in [3.8, 4) is 0 Å². The minimum absolute atomic E-state index is 0.435. The summed E-state index contributed by atoms with van der Waals surface area (Å²) in [7, 11) is -5.85. The van der Waals surface area contributed by atoms with E-state index in [4.69, 9.17) is 0 Å². The van der Waals surface area contributed by atoms with E-state index in [0.29, 0.717) is 10.1 Å². The van der Waals surface area contributed by atoms with Crippen LogP contribution in [0, 0.1) is 0 Å². The van der Waals surface area contributed by atoms with Crippen LogP contribution in [0.3, 0.4) is 0 Å². The van der Waals surface area contributed by atoms with Crippen LogP contribution in [0.4, 0.5) is 0 Å². The summed E-state index contributed by atoms with van der Waals surface area (Å²) in [5, 5.41) is 1.00. The van der Waals surface area contributed by atoms with Crippen LogP contribution in [-0.4, -0.2) is 44.2 Å². The third-order valence-electron chi connectivity index (χ3n) is 11.1. The van der Waals surface area contributed by atoms with Gasteiger partial charge >= 0.3 is 0 Å². The van der Waals surface area contributed by atoms with Crippen molar-refractivity contribution in [2.75, 3.05) is 0 Å². The molecule has 0 amide bonds. The van der Waals surface area contributed by atoms with Crippen LogP contribution in [-0.2, 0) is 0 Å². The number of hydrogen-bond acceptors (Lipinski definition) is 0. The number of rotatable bonds is 8. The highest BCUT2D eigenvalue weighted by molar-refractivity contribution is 7.84. The Bertz CT molecular complexity index is 595. The third-order valence-corrected chi connectivity index (χ3v) is 120. The molecule has 0 aromatic carbocycles. The van der Waals surface area contributed by atoms with Gasteiger partial charge in [0, 0.05) is 0 Å². The van der Waals surface area contributed by atoms with Gasteiger partial charge in [-0.1, -0.05) is 158 Å². The maximum absolute atomic E-state index is 2.93. The summed E-state index contributed by atoms with van der Waals surface area (Å²) in [6.07, 6.45) is 0. The van der Waals surface area contributed by atoms with Crippen molar-refractivity contribution in [3.05, 3.63) is 0 Å². The second kappa shape index (κ2) is 10.3. The lowest BCUT2D eigenvalue weighted by Crippen LogP contribution is -2.77. The van der Waals surface area contributed by atoms with Gasteiger partial charge in [0.05, 0.1) is 30.4 Å². The van der Waals surface area contributed by atoms with E-state index in [1.807, 2.05) is 0 Å². The molecule has 0 nitrogen and oxygen atoms in total. The highest BCUT2D eigenvalue weighted by Crippen LogP contribution is 2.49. The molecular formula is C26H64Si6. The maximum atomic E-state index is 2.93. The molecule has 6 heteroatoms. The van der Waals surface area contributed by atoms with Crippen molar-refractivity contribution in [2.24, 2.45) is 0 Å². The zero-order chi connectivity index (χ0) is 26.5. The zero-order valence-electron chi connectivity index (χ0n) is 26.3. The molecule has 0 heterocycles. The van der Waals surface area contributed by atoms with Gasteiger partial charge in [-0.25, -0.2) is 0 Å². The summed E-state index contributed by atoms with van der Waals surface area (Å²) in [6, 6.07) is 0. The van der Waals surface area contributed by atoms with Crippen molar-refractivity contribution < 1.29 is 0 Å². The van der Waals surface area contributed by atoms with E-state index in [9.17, 15) is 0 Å². The predicted molar refractivity (Wildman–Crippen MR) is 170 cm³/mol. The smallest absolute Gasteiger partial charge is 0.0582 e. The Morgan fingerprint density at radius 1 is 0.406 bits per heavy atom. The van der Waals surface area contributed by atoms with E-state index in [1.54, 1.807) is 0 Å². The summed E-state index contributed by atoms with van der Waals surface area (Å²) < 4.78 is 0. The SMILES string of the molecule is CC(C)[Si](C)(C(C)C)/[Si](=[Si](\[Si](C)(C(C)C)C(C)C)[Si](C)(C)C(C)(C)C)[Si](C)(C)C(C)(C)C. The van der Waals surface area contributed by atoms with Crippen LogP contribution in [0.5, 0.6) is 0 Å². The van der Waals surface area contributed by atoms with E-state index < -0.39 is 44.2 Å². The van der Waals surface area contributed by atoms with Gasteiger partial charge in [0.2, 0.25) is 0 Å². The van der Waals surface area contributed by atoms with E-state index in [1.165, 1.54) is 0 Å². The normalized spacial score (nSPS) is 16.5. The molecule has 0 saturated carbocycles. The molecule has 0 aliphatic carbocycles. The topological polar surface area (TPSA) is 0 Å². The van der Waals surface area contributed by atoms with Gasteiger partial charge in [0.1, 0.15) is 0 Å². The molecule has 0 N–H and O–H groups in total. The Morgan fingerprint density at radius 3 is 0.656 bits per heavy atom. The Hall–Kier alpha value is 1.30. The van der Waals surface area contributed by atoms with Gasteiger partial charge in [-0.05, 0) is 23.9 Å². The largest absolute Gasteiger partial charge is 0.0690 e. The molecule has 192 valence electrons. The zero-order valence-corrected chi connectivity index (χ0v) is 32.3. The van der Waals surface area contributed by atoms with Crippen LogP contribution in [0.2, 0.25) is 71.5 Å². The summed E-state index contributed by atoms with van der Waals surface area (Å²) in [4.78, 5) is 0. The van der Waals surface area contributed by atoms with Crippen molar-refractivity contribution >= 4 is 44.2 Å². The quantitative estimate of drug-likeness (QED) is 0.266. The molecule has 0 rings (SSSR count). The third kappa shape index (κ3) is 5.65. The Kier molecular flexibility index (Phi) is 10.8. The summed E-state index contributed by atoms with van der Waals surface area (Å²) in [5.74, 6) is 0. The first-order valence-electron chi connectivity index (χ1n) is 13.5. The molecule has 0 radical (unpaired) electrons. The lowest BCUT2D eigenvalue weighted by atomic mass is 10.2. The van der Waals surface area contributed by atoms with Crippen LogP contribution >= 0.6 is 0 Å². The summed E-state index contributed by atoms with van der Waals surface area (Å²) >= 11 is 0. The van der Waals surface area contributed by atoms with Gasteiger partial charge < -0.3 is 0 Å². The molecule has 0 aliphatic heterocycles. The minimum Gasteiger partial charge on any atom is -0.0690 e. The van der Waals surface area contributed by atoms with Crippen LogP contribution in [0.1, 0.15) is 96.9 Å². The van der Waals surface area contributed by atoms with Gasteiger partial charge in [-0.3, -0.25) is 0 Å². The average Bonchev–Trinajstić information content (AvgIpc) is 2.54. The fourth-order valence-electron chi connectivity index (χ4n) is 5.75. The second-order valence-electron chi connectivity index (χ2n) is 15.7. The lowest BCUT2D eigenvalue weighted by molar-refractivity contribution is 0.733. The van der Waals surface area contributed by atoms with Crippen molar-refractivity contribution in [3.63, 3.8) is 0 Å². The molecule has 0 aliphatic rings. The summed E-state index contributed by atoms with van der Waals surface area (Å²) in [5.41, 5.74) is 3.64. The minimum atomic E-state index is -1.47. The van der Waals surface area contributed by atoms with E-state index in [-0.39, 0.29) is 0 Å². The molecular weight excluding hydrogens is 481 g/mol. The van der Waals surface area contributed by atoms with E-state index in [2.05, 4.69) is 136 Å². The lowest BCUT2D eigenvalue weighted by Gasteiger charge is -2.58. The van der Waals surface area contributed by atoms with Gasteiger partial charge in [0.15, 0.2) is 0 Å². The summed E-state index contributed by atoms with van der Waals surface area (Å²) in [6.45, 7) is 53.7. The monoisotopic (exact) mass is 544 g/mol. The molecule has 0 aromatic heterocycles. The van der Waals surface area contributed by atoms with Gasteiger partial charge in [-0.15, -0.1) is 0 Å². The molecule has 32 heavy (non-hydrogen) atoms. The Morgan fingerprint density at radius 2 is 0.562 bits per heavy atom. The maximum Gasteiger partial charge on any atom is 0.0582 e.